The topological polar surface area (TPSA) is 12.0 Å². The van der Waals surface area contributed by atoms with E-state index >= 15 is 0 Å². The molecule has 96 valence electrons. The summed E-state index contributed by atoms with van der Waals surface area (Å²) in [7, 11) is 0. The van der Waals surface area contributed by atoms with Gasteiger partial charge >= 0.3 is 0 Å². The van der Waals surface area contributed by atoms with E-state index in [9.17, 15) is 4.39 Å². The first-order valence-electron chi connectivity index (χ1n) is 5.65. The highest BCUT2D eigenvalue weighted by Gasteiger charge is 2.28. The molecule has 0 amide bonds. The van der Waals surface area contributed by atoms with Crippen LogP contribution in [-0.4, -0.2) is 6.54 Å². The van der Waals surface area contributed by atoms with Gasteiger partial charge in [-0.2, -0.15) is 0 Å². The molecule has 0 spiro atoms. The number of nitrogens with one attached hydrogen (secondary N) is 1. The van der Waals surface area contributed by atoms with E-state index in [-0.39, 0.29) is 22.3 Å². The Balaban J connectivity index is 3.25. The lowest BCUT2D eigenvalue weighted by molar-refractivity contribution is 0.270. The van der Waals surface area contributed by atoms with Gasteiger partial charge in [-0.05, 0) is 34.0 Å². The van der Waals surface area contributed by atoms with Crippen molar-refractivity contribution in [2.75, 3.05) is 6.54 Å². The molecule has 1 N–H and O–H groups in total. The fourth-order valence-corrected chi connectivity index (χ4v) is 2.33. The van der Waals surface area contributed by atoms with E-state index in [1.54, 1.807) is 12.1 Å². The summed E-state index contributed by atoms with van der Waals surface area (Å²) >= 11 is 9.15. The Morgan fingerprint density at radius 1 is 1.41 bits per heavy atom. The van der Waals surface area contributed by atoms with Crippen LogP contribution in [0, 0.1) is 11.2 Å². The minimum Gasteiger partial charge on any atom is -0.310 e. The molecular weight excluding hydrogens is 305 g/mol. The fraction of sp³-hybridized carbons (Fsp3) is 0.538. The van der Waals surface area contributed by atoms with Crippen molar-refractivity contribution in [1.29, 1.82) is 0 Å². The molecule has 0 radical (unpaired) electrons. The summed E-state index contributed by atoms with van der Waals surface area (Å²) in [5.41, 5.74) is 0.543. The average Bonchev–Trinajstić information content (AvgIpc) is 2.22. The largest absolute Gasteiger partial charge is 0.310 e. The molecular formula is C13H18BrClFN. The normalized spacial score (nSPS) is 13.8. The lowest BCUT2D eigenvalue weighted by Gasteiger charge is -2.32. The molecule has 1 aromatic carbocycles. The highest BCUT2D eigenvalue weighted by molar-refractivity contribution is 9.10. The fourth-order valence-electron chi connectivity index (χ4n) is 1.85. The second-order valence-electron chi connectivity index (χ2n) is 5.12. The molecule has 0 saturated carbocycles. The predicted molar refractivity (Wildman–Crippen MR) is 75.0 cm³/mol. The van der Waals surface area contributed by atoms with Crippen LogP contribution < -0.4 is 5.32 Å². The highest BCUT2D eigenvalue weighted by Crippen LogP contribution is 2.37. The third-order valence-electron chi connectivity index (χ3n) is 2.65. The second kappa shape index (κ2) is 5.68. The summed E-state index contributed by atoms with van der Waals surface area (Å²) in [4.78, 5) is 0. The van der Waals surface area contributed by atoms with Gasteiger partial charge in [0.15, 0.2) is 0 Å². The third-order valence-corrected chi connectivity index (χ3v) is 3.91. The Labute approximate surface area is 116 Å². The molecule has 0 aliphatic heterocycles. The lowest BCUT2D eigenvalue weighted by atomic mass is 9.82. The Kier molecular flexibility index (Phi) is 4.99. The van der Waals surface area contributed by atoms with E-state index in [1.165, 1.54) is 0 Å². The first-order valence-corrected chi connectivity index (χ1v) is 6.83. The SMILES string of the molecule is CCNC(c1ccc(Br)c(Cl)c1F)C(C)(C)C. The van der Waals surface area contributed by atoms with Crippen LogP contribution in [0.1, 0.15) is 39.3 Å². The van der Waals surface area contributed by atoms with Gasteiger partial charge in [0.2, 0.25) is 0 Å². The Morgan fingerprint density at radius 3 is 2.47 bits per heavy atom. The smallest absolute Gasteiger partial charge is 0.147 e. The minimum atomic E-state index is -0.345. The van der Waals surface area contributed by atoms with Crippen LogP contribution in [0.25, 0.3) is 0 Å². The monoisotopic (exact) mass is 321 g/mol. The second-order valence-corrected chi connectivity index (χ2v) is 6.35. The average molecular weight is 323 g/mol. The van der Waals surface area contributed by atoms with Crippen molar-refractivity contribution in [3.63, 3.8) is 0 Å². The summed E-state index contributed by atoms with van der Waals surface area (Å²) in [6.07, 6.45) is 0. The predicted octanol–water partition coefficient (Wildman–Crippen LogP) is 4.94. The zero-order valence-corrected chi connectivity index (χ0v) is 12.9. The van der Waals surface area contributed by atoms with Gasteiger partial charge in [-0.1, -0.05) is 45.4 Å². The molecule has 0 fully saturated rings. The van der Waals surface area contributed by atoms with E-state index in [0.717, 1.165) is 6.54 Å². The number of rotatable bonds is 3. The number of halogens is 3. The van der Waals surface area contributed by atoms with Crippen molar-refractivity contribution < 1.29 is 4.39 Å². The van der Waals surface area contributed by atoms with E-state index in [4.69, 9.17) is 11.6 Å². The molecule has 1 atom stereocenters. The molecule has 0 saturated heterocycles. The van der Waals surface area contributed by atoms with Gasteiger partial charge in [0, 0.05) is 16.1 Å². The molecule has 0 aliphatic rings. The van der Waals surface area contributed by atoms with Crippen molar-refractivity contribution in [2.24, 2.45) is 5.41 Å². The summed E-state index contributed by atoms with van der Waals surface area (Å²) < 4.78 is 14.8. The van der Waals surface area contributed by atoms with Gasteiger partial charge in [0.25, 0.3) is 0 Å². The van der Waals surface area contributed by atoms with Crippen molar-refractivity contribution in [2.45, 2.75) is 33.7 Å². The Morgan fingerprint density at radius 2 is 2.00 bits per heavy atom. The van der Waals surface area contributed by atoms with Crippen LogP contribution in [0.2, 0.25) is 5.02 Å². The Hall–Kier alpha value is -0.120. The number of hydrogen-bond acceptors (Lipinski definition) is 1. The van der Waals surface area contributed by atoms with Crippen LogP contribution in [-0.2, 0) is 0 Å². The maximum atomic E-state index is 14.2. The summed E-state index contributed by atoms with van der Waals surface area (Å²) in [5, 5.41) is 3.46. The molecule has 0 aromatic heterocycles. The van der Waals surface area contributed by atoms with E-state index in [1.807, 2.05) is 6.92 Å². The van der Waals surface area contributed by atoms with Gasteiger partial charge in [0.1, 0.15) is 5.82 Å². The first-order chi connectivity index (χ1) is 7.79. The zero-order chi connectivity index (χ0) is 13.2. The van der Waals surface area contributed by atoms with Crippen molar-refractivity contribution in [3.05, 3.63) is 33.0 Å². The molecule has 17 heavy (non-hydrogen) atoms. The zero-order valence-electron chi connectivity index (χ0n) is 10.6. The maximum absolute atomic E-state index is 14.2. The van der Waals surface area contributed by atoms with Crippen LogP contribution in [0.15, 0.2) is 16.6 Å². The molecule has 1 unspecified atom stereocenters. The molecule has 0 heterocycles. The third kappa shape index (κ3) is 3.43. The van der Waals surface area contributed by atoms with E-state index in [0.29, 0.717) is 10.0 Å². The van der Waals surface area contributed by atoms with Crippen LogP contribution in [0.3, 0.4) is 0 Å². The molecule has 1 aromatic rings. The molecule has 4 heteroatoms. The van der Waals surface area contributed by atoms with Gasteiger partial charge in [-0.15, -0.1) is 0 Å². The summed E-state index contributed by atoms with van der Waals surface area (Å²) in [6, 6.07) is 3.51. The van der Waals surface area contributed by atoms with Crippen LogP contribution >= 0.6 is 27.5 Å². The van der Waals surface area contributed by atoms with Crippen molar-refractivity contribution in [1.82, 2.24) is 5.32 Å². The van der Waals surface area contributed by atoms with Gasteiger partial charge in [-0.3, -0.25) is 0 Å². The number of hydrogen-bond donors (Lipinski definition) is 1. The molecule has 0 aliphatic carbocycles. The van der Waals surface area contributed by atoms with Gasteiger partial charge < -0.3 is 5.32 Å². The van der Waals surface area contributed by atoms with Crippen molar-refractivity contribution >= 4 is 27.5 Å². The first kappa shape index (κ1) is 14.9. The quantitative estimate of drug-likeness (QED) is 0.777. The minimum absolute atomic E-state index is 0.0573. The van der Waals surface area contributed by atoms with Gasteiger partial charge in [0.05, 0.1) is 5.02 Å². The van der Waals surface area contributed by atoms with Crippen LogP contribution in [0.4, 0.5) is 4.39 Å². The van der Waals surface area contributed by atoms with E-state index in [2.05, 4.69) is 42.0 Å². The molecule has 1 rings (SSSR count). The summed E-state index contributed by atoms with van der Waals surface area (Å²) in [6.45, 7) is 9.04. The molecule has 1 nitrogen and oxygen atoms in total. The highest BCUT2D eigenvalue weighted by atomic mass is 79.9. The van der Waals surface area contributed by atoms with E-state index < -0.39 is 0 Å². The van der Waals surface area contributed by atoms with Gasteiger partial charge in [-0.25, -0.2) is 4.39 Å². The molecule has 0 bridgehead atoms. The number of benzene rings is 1. The van der Waals surface area contributed by atoms with Crippen molar-refractivity contribution in [3.8, 4) is 0 Å². The lowest BCUT2D eigenvalue weighted by Crippen LogP contribution is -2.33. The van der Waals surface area contributed by atoms with Crippen LogP contribution in [0.5, 0.6) is 0 Å². The maximum Gasteiger partial charge on any atom is 0.147 e. The Bertz CT molecular complexity index is 401. The standard InChI is InChI=1S/C13H18BrClFN/c1-5-17-12(13(2,3)4)8-6-7-9(14)10(15)11(8)16/h6-7,12,17H,5H2,1-4H3. The summed E-state index contributed by atoms with van der Waals surface area (Å²) in [5.74, 6) is -0.345.